The van der Waals surface area contributed by atoms with E-state index in [-0.39, 0.29) is 11.7 Å². The minimum Gasteiger partial charge on any atom is -0.378 e. The molecule has 0 heterocycles. The Morgan fingerprint density at radius 3 is 3.15 bits per heavy atom. The molecule has 0 fully saturated rings. The van der Waals surface area contributed by atoms with E-state index in [1.54, 1.807) is 12.2 Å². The fourth-order valence-corrected chi connectivity index (χ4v) is 1.81. The molecule has 2 heteroatoms. The average molecular weight is 176 g/mol. The average Bonchev–Trinajstić information content (AvgIpc) is 2.35. The molecule has 0 aromatic rings. The predicted octanol–water partition coefficient (Wildman–Crippen LogP) is 1.38. The van der Waals surface area contributed by atoms with Crippen LogP contribution in [0.15, 0.2) is 36.5 Å². The van der Waals surface area contributed by atoms with Crippen LogP contribution < -0.4 is 0 Å². The second-order valence-corrected chi connectivity index (χ2v) is 3.63. The Bertz CT molecular complexity index is 312. The molecule has 0 spiro atoms. The molecule has 2 aliphatic carbocycles. The van der Waals surface area contributed by atoms with Crippen LogP contribution in [0.1, 0.15) is 12.8 Å². The summed E-state index contributed by atoms with van der Waals surface area (Å²) in [6, 6.07) is 0. The summed E-state index contributed by atoms with van der Waals surface area (Å²) in [5, 5.41) is 10.0. The van der Waals surface area contributed by atoms with Crippen LogP contribution in [-0.2, 0) is 4.79 Å². The predicted molar refractivity (Wildman–Crippen MR) is 50.1 cm³/mol. The second kappa shape index (κ2) is 2.96. The summed E-state index contributed by atoms with van der Waals surface area (Å²) in [6.07, 6.45) is 11.9. The van der Waals surface area contributed by atoms with Gasteiger partial charge in [0.15, 0.2) is 5.78 Å². The van der Waals surface area contributed by atoms with E-state index in [0.29, 0.717) is 6.42 Å². The van der Waals surface area contributed by atoms with Crippen LogP contribution in [0, 0.1) is 5.92 Å². The van der Waals surface area contributed by atoms with Gasteiger partial charge >= 0.3 is 0 Å². The summed E-state index contributed by atoms with van der Waals surface area (Å²) in [4.78, 5) is 11.5. The maximum Gasteiger partial charge on any atom is 0.190 e. The summed E-state index contributed by atoms with van der Waals surface area (Å²) in [5.41, 5.74) is -1.26. The molecule has 0 amide bonds. The molecule has 0 unspecified atom stereocenters. The third kappa shape index (κ3) is 1.49. The Hall–Kier alpha value is -1.15. The molecule has 2 rings (SSSR count). The lowest BCUT2D eigenvalue weighted by molar-refractivity contribution is -0.128. The van der Waals surface area contributed by atoms with Crippen LogP contribution >= 0.6 is 0 Å². The molecule has 2 bridgehead atoms. The first-order chi connectivity index (χ1) is 6.21. The van der Waals surface area contributed by atoms with Gasteiger partial charge in [-0.2, -0.15) is 0 Å². The molecule has 0 aromatic carbocycles. The number of aliphatic hydroxyl groups is 1. The van der Waals surface area contributed by atoms with Gasteiger partial charge in [0.05, 0.1) is 0 Å². The lowest BCUT2D eigenvalue weighted by Crippen LogP contribution is -2.35. The van der Waals surface area contributed by atoms with E-state index in [4.69, 9.17) is 0 Å². The SMILES string of the molecule is O=C1C=CC[C@H]2C=CC=C[C@]1(O)C2. The fourth-order valence-electron chi connectivity index (χ4n) is 1.81. The number of carbonyl (C=O) groups is 1. The number of rotatable bonds is 0. The summed E-state index contributed by atoms with van der Waals surface area (Å²) < 4.78 is 0. The molecule has 0 radical (unpaired) electrons. The van der Waals surface area contributed by atoms with Gasteiger partial charge in [-0.3, -0.25) is 4.79 Å². The van der Waals surface area contributed by atoms with Crippen molar-refractivity contribution in [2.24, 2.45) is 5.92 Å². The molecule has 2 nitrogen and oxygen atoms in total. The van der Waals surface area contributed by atoms with Crippen LogP contribution in [-0.4, -0.2) is 16.5 Å². The summed E-state index contributed by atoms with van der Waals surface area (Å²) >= 11 is 0. The quantitative estimate of drug-likeness (QED) is 0.605. The molecule has 1 N–H and O–H groups in total. The zero-order chi connectivity index (χ0) is 9.31. The Morgan fingerprint density at radius 2 is 2.31 bits per heavy atom. The largest absolute Gasteiger partial charge is 0.378 e. The van der Waals surface area contributed by atoms with E-state index in [0.717, 1.165) is 6.42 Å². The minimum absolute atomic E-state index is 0.199. The van der Waals surface area contributed by atoms with Gasteiger partial charge in [-0.15, -0.1) is 0 Å². The van der Waals surface area contributed by atoms with Crippen LogP contribution in [0.3, 0.4) is 0 Å². The third-order valence-corrected chi connectivity index (χ3v) is 2.57. The highest BCUT2D eigenvalue weighted by molar-refractivity contribution is 5.98. The van der Waals surface area contributed by atoms with Gasteiger partial charge in [0.2, 0.25) is 0 Å². The van der Waals surface area contributed by atoms with Crippen molar-refractivity contribution < 1.29 is 9.90 Å². The highest BCUT2D eigenvalue weighted by Gasteiger charge is 2.35. The molecule has 13 heavy (non-hydrogen) atoms. The molecule has 2 atom stereocenters. The molecule has 2 aliphatic rings. The molecular weight excluding hydrogens is 164 g/mol. The molecule has 68 valence electrons. The molecule has 0 aliphatic heterocycles. The highest BCUT2D eigenvalue weighted by Crippen LogP contribution is 2.29. The molecular formula is C11H12O2. The van der Waals surface area contributed by atoms with Crippen molar-refractivity contribution in [3.05, 3.63) is 36.5 Å². The van der Waals surface area contributed by atoms with E-state index in [9.17, 15) is 9.90 Å². The lowest BCUT2D eigenvalue weighted by Gasteiger charge is -2.21. The first-order valence-electron chi connectivity index (χ1n) is 4.50. The van der Waals surface area contributed by atoms with Gasteiger partial charge in [0.1, 0.15) is 5.60 Å². The van der Waals surface area contributed by atoms with Crippen LogP contribution in [0.2, 0.25) is 0 Å². The van der Waals surface area contributed by atoms with E-state index in [2.05, 4.69) is 0 Å². The van der Waals surface area contributed by atoms with Gasteiger partial charge in [0, 0.05) is 0 Å². The fraction of sp³-hybridized carbons (Fsp3) is 0.364. The lowest BCUT2D eigenvalue weighted by atomic mass is 9.89. The number of fused-ring (bicyclic) bond motifs is 2. The summed E-state index contributed by atoms with van der Waals surface area (Å²) in [7, 11) is 0. The van der Waals surface area contributed by atoms with Crippen molar-refractivity contribution in [3.63, 3.8) is 0 Å². The molecule has 0 aromatic heterocycles. The number of carbonyl (C=O) groups excluding carboxylic acids is 1. The third-order valence-electron chi connectivity index (χ3n) is 2.57. The first-order valence-corrected chi connectivity index (χ1v) is 4.50. The smallest absolute Gasteiger partial charge is 0.190 e. The zero-order valence-electron chi connectivity index (χ0n) is 7.31. The van der Waals surface area contributed by atoms with Gasteiger partial charge in [0.25, 0.3) is 0 Å². The van der Waals surface area contributed by atoms with Crippen molar-refractivity contribution in [1.82, 2.24) is 0 Å². The summed E-state index contributed by atoms with van der Waals surface area (Å²) in [5.74, 6) is 0.0812. The van der Waals surface area contributed by atoms with Gasteiger partial charge < -0.3 is 5.11 Å². The van der Waals surface area contributed by atoms with Gasteiger partial charge in [-0.25, -0.2) is 0 Å². The van der Waals surface area contributed by atoms with Crippen molar-refractivity contribution in [1.29, 1.82) is 0 Å². The number of ketones is 1. The minimum atomic E-state index is -1.26. The second-order valence-electron chi connectivity index (χ2n) is 3.63. The number of allylic oxidation sites excluding steroid dienone is 4. The molecule has 0 saturated carbocycles. The first kappa shape index (κ1) is 8.45. The maximum absolute atomic E-state index is 11.5. The zero-order valence-corrected chi connectivity index (χ0v) is 7.31. The van der Waals surface area contributed by atoms with Crippen LogP contribution in [0.4, 0.5) is 0 Å². The Morgan fingerprint density at radius 1 is 1.46 bits per heavy atom. The summed E-state index contributed by atoms with van der Waals surface area (Å²) in [6.45, 7) is 0. The Labute approximate surface area is 77.3 Å². The Balaban J connectivity index is 2.40. The van der Waals surface area contributed by atoms with E-state index < -0.39 is 5.60 Å². The van der Waals surface area contributed by atoms with E-state index in [1.165, 1.54) is 6.08 Å². The molecule has 0 saturated heterocycles. The van der Waals surface area contributed by atoms with Crippen molar-refractivity contribution in [2.75, 3.05) is 0 Å². The van der Waals surface area contributed by atoms with Crippen LogP contribution in [0.5, 0.6) is 0 Å². The standard InChI is InChI=1S/C11H12O2/c12-10-6-3-5-9-4-1-2-7-11(10,13)8-9/h1-4,6-7,9,13H,5,8H2/t9-,11+/m1/s1. The number of hydrogen-bond donors (Lipinski definition) is 1. The van der Waals surface area contributed by atoms with Gasteiger partial charge in [-0.1, -0.05) is 24.3 Å². The van der Waals surface area contributed by atoms with E-state index in [1.807, 2.05) is 18.2 Å². The van der Waals surface area contributed by atoms with Crippen LogP contribution in [0.25, 0.3) is 0 Å². The van der Waals surface area contributed by atoms with E-state index >= 15 is 0 Å². The topological polar surface area (TPSA) is 37.3 Å². The monoisotopic (exact) mass is 176 g/mol. The van der Waals surface area contributed by atoms with Gasteiger partial charge in [-0.05, 0) is 30.9 Å². The maximum atomic E-state index is 11.5. The number of hydrogen-bond acceptors (Lipinski definition) is 2. The van der Waals surface area contributed by atoms with Crippen molar-refractivity contribution in [2.45, 2.75) is 18.4 Å². The Kier molecular flexibility index (Phi) is 1.93. The van der Waals surface area contributed by atoms with Crippen molar-refractivity contribution >= 4 is 5.78 Å². The normalized spacial score (nSPS) is 37.3. The highest BCUT2D eigenvalue weighted by atomic mass is 16.3. The van der Waals surface area contributed by atoms with Crippen molar-refractivity contribution in [3.8, 4) is 0 Å².